The lowest BCUT2D eigenvalue weighted by Gasteiger charge is -2.18. The average Bonchev–Trinajstić information content (AvgIpc) is 3.49. The number of hydrogen-bond acceptors (Lipinski definition) is 4. The molecule has 8 heteroatoms. The van der Waals surface area contributed by atoms with Crippen LogP contribution in [0.15, 0.2) is 96.2 Å². The highest BCUT2D eigenvalue weighted by atomic mass is 19.1. The van der Waals surface area contributed by atoms with Crippen LogP contribution in [0.2, 0.25) is 0 Å². The summed E-state index contributed by atoms with van der Waals surface area (Å²) in [6.07, 6.45) is 6.84. The van der Waals surface area contributed by atoms with Gasteiger partial charge in [0, 0.05) is 41.5 Å². The van der Waals surface area contributed by atoms with Crippen LogP contribution in [0.5, 0.6) is 0 Å². The fourth-order valence-corrected chi connectivity index (χ4v) is 4.48. The number of carbonyl (C=O) groups excluding carboxylic acids is 1. The van der Waals surface area contributed by atoms with E-state index in [1.54, 1.807) is 42.7 Å². The second-order valence-corrected chi connectivity index (χ2v) is 8.94. The minimum absolute atomic E-state index is 0.166. The number of pyridine rings is 2. The van der Waals surface area contributed by atoms with Crippen LogP contribution in [0, 0.1) is 5.82 Å². The van der Waals surface area contributed by atoms with Crippen molar-refractivity contribution in [2.24, 2.45) is 0 Å². The van der Waals surface area contributed by atoms with E-state index in [1.165, 1.54) is 12.1 Å². The van der Waals surface area contributed by atoms with Gasteiger partial charge in [-0.15, -0.1) is 0 Å². The number of rotatable bonds is 6. The van der Waals surface area contributed by atoms with Gasteiger partial charge in [0.1, 0.15) is 5.82 Å². The van der Waals surface area contributed by atoms with Gasteiger partial charge < -0.3 is 15.6 Å². The first-order chi connectivity index (χ1) is 17.5. The van der Waals surface area contributed by atoms with Gasteiger partial charge >= 0.3 is 0 Å². The maximum atomic E-state index is 13.3. The smallest absolute Gasteiger partial charge is 0.251 e. The second-order valence-electron chi connectivity index (χ2n) is 8.94. The number of nitrogens with one attached hydrogen (secondary N) is 3. The number of anilines is 2. The lowest BCUT2D eigenvalue weighted by atomic mass is 10.0. The minimum Gasteiger partial charge on any atom is -0.352 e. The molecule has 3 N–H and O–H groups in total. The van der Waals surface area contributed by atoms with Crippen LogP contribution in [0.1, 0.15) is 28.8 Å². The van der Waals surface area contributed by atoms with E-state index in [2.05, 4.69) is 20.6 Å². The topological polar surface area (TPSA) is 91.3 Å². The molecule has 5 aromatic rings. The molecule has 2 aromatic carbocycles. The lowest BCUT2D eigenvalue weighted by Crippen LogP contribution is -2.34. The predicted molar refractivity (Wildman–Crippen MR) is 136 cm³/mol. The number of fused-ring (bicyclic) bond motifs is 1. The second kappa shape index (κ2) is 8.49. The molecule has 1 fully saturated rings. The van der Waals surface area contributed by atoms with Crippen LogP contribution in [0.4, 0.5) is 15.8 Å². The van der Waals surface area contributed by atoms with E-state index in [0.29, 0.717) is 11.2 Å². The predicted octanol–water partition coefficient (Wildman–Crippen LogP) is 4.99. The number of nitrogens with zero attached hydrogens (tertiary/aromatic N) is 2. The summed E-state index contributed by atoms with van der Waals surface area (Å²) in [5.74, 6) is -0.456. The molecule has 1 aliphatic rings. The number of aromatic nitrogens is 3. The molecule has 1 amide bonds. The van der Waals surface area contributed by atoms with Crippen LogP contribution in [0.3, 0.4) is 0 Å². The van der Waals surface area contributed by atoms with Gasteiger partial charge in [-0.25, -0.2) is 9.37 Å². The quantitative estimate of drug-likeness (QED) is 0.320. The van der Waals surface area contributed by atoms with Crippen LogP contribution >= 0.6 is 0 Å². The van der Waals surface area contributed by atoms with Gasteiger partial charge in [-0.1, -0.05) is 12.1 Å². The summed E-state index contributed by atoms with van der Waals surface area (Å²) < 4.78 is 15.2. The van der Waals surface area contributed by atoms with E-state index in [9.17, 15) is 14.0 Å². The molecule has 0 aliphatic heterocycles. The van der Waals surface area contributed by atoms with E-state index >= 15 is 0 Å². The minimum atomic E-state index is -0.417. The molecule has 1 saturated carbocycles. The molecule has 36 heavy (non-hydrogen) atoms. The standard InChI is InChI=1S/C28H22FN5O2/c29-21-5-3-20(4-6-21)28(12-13-28)33-27(36)18-1-7-22(8-2-18)32-23-9-10-24(34-16-15-31-26(23)34)19-11-14-30-25(35)17-19/h1-11,14-17,32H,12-13H2,(H,30,35)(H,33,36). The number of aromatic amines is 1. The Bertz CT molecular complexity index is 1630. The van der Waals surface area contributed by atoms with Gasteiger partial charge in [0.25, 0.3) is 5.91 Å². The lowest BCUT2D eigenvalue weighted by molar-refractivity contribution is 0.0931. The summed E-state index contributed by atoms with van der Waals surface area (Å²) in [5, 5.41) is 6.48. The van der Waals surface area contributed by atoms with E-state index in [4.69, 9.17) is 0 Å². The Balaban J connectivity index is 1.20. The molecular formula is C28H22FN5O2. The summed E-state index contributed by atoms with van der Waals surface area (Å²) in [4.78, 5) is 31.8. The zero-order valence-corrected chi connectivity index (χ0v) is 19.2. The third kappa shape index (κ3) is 4.02. The molecule has 0 radical (unpaired) electrons. The van der Waals surface area contributed by atoms with Gasteiger partial charge in [0.15, 0.2) is 5.65 Å². The molecule has 1 aliphatic carbocycles. The summed E-state index contributed by atoms with van der Waals surface area (Å²) >= 11 is 0. The molecule has 3 aromatic heterocycles. The van der Waals surface area contributed by atoms with Gasteiger partial charge in [-0.3, -0.25) is 14.0 Å². The Morgan fingerprint density at radius 1 is 1.00 bits per heavy atom. The van der Waals surface area contributed by atoms with Crippen molar-refractivity contribution in [3.8, 4) is 11.3 Å². The van der Waals surface area contributed by atoms with Gasteiger partial charge in [-0.2, -0.15) is 0 Å². The molecule has 0 atom stereocenters. The van der Waals surface area contributed by atoms with E-state index in [-0.39, 0.29) is 17.3 Å². The Morgan fingerprint density at radius 3 is 2.50 bits per heavy atom. The Kier molecular flexibility index (Phi) is 5.14. The summed E-state index contributed by atoms with van der Waals surface area (Å²) in [6.45, 7) is 0. The first kappa shape index (κ1) is 21.8. The van der Waals surface area contributed by atoms with Crippen molar-refractivity contribution in [2.45, 2.75) is 18.4 Å². The number of benzene rings is 2. The summed E-state index contributed by atoms with van der Waals surface area (Å²) in [5.41, 5.74) is 4.83. The van der Waals surface area contributed by atoms with Crippen LogP contribution in [-0.4, -0.2) is 20.3 Å². The summed E-state index contributed by atoms with van der Waals surface area (Å²) in [6, 6.07) is 20.8. The Morgan fingerprint density at radius 2 is 1.78 bits per heavy atom. The number of hydrogen-bond donors (Lipinski definition) is 3. The highest BCUT2D eigenvalue weighted by Gasteiger charge is 2.45. The number of imidazole rings is 1. The molecule has 6 rings (SSSR count). The van der Waals surface area contributed by atoms with Gasteiger partial charge in [0.2, 0.25) is 5.56 Å². The SMILES string of the molecule is O=C(NC1(c2ccc(F)cc2)CC1)c1ccc(Nc2ccc(-c3cc[nH]c(=O)c3)n3ccnc23)cc1. The molecule has 0 saturated heterocycles. The van der Waals surface area contributed by atoms with Crippen molar-refractivity contribution in [3.05, 3.63) is 119 Å². The molecule has 3 heterocycles. The third-order valence-electron chi connectivity index (χ3n) is 6.55. The third-order valence-corrected chi connectivity index (χ3v) is 6.55. The van der Waals surface area contributed by atoms with Crippen molar-refractivity contribution in [3.63, 3.8) is 0 Å². The van der Waals surface area contributed by atoms with Crippen LogP contribution in [-0.2, 0) is 5.54 Å². The van der Waals surface area contributed by atoms with Crippen molar-refractivity contribution in [2.75, 3.05) is 5.32 Å². The first-order valence-corrected chi connectivity index (χ1v) is 11.6. The van der Waals surface area contributed by atoms with Gasteiger partial charge in [0.05, 0.1) is 16.9 Å². The van der Waals surface area contributed by atoms with Crippen molar-refractivity contribution in [1.82, 2.24) is 19.7 Å². The number of carbonyl (C=O) groups is 1. The fraction of sp³-hybridized carbons (Fsp3) is 0.107. The zero-order chi connectivity index (χ0) is 24.7. The molecule has 0 spiro atoms. The van der Waals surface area contributed by atoms with Crippen molar-refractivity contribution >= 4 is 22.9 Å². The summed E-state index contributed by atoms with van der Waals surface area (Å²) in [7, 11) is 0. The van der Waals surface area contributed by atoms with E-state index < -0.39 is 5.54 Å². The highest BCUT2D eigenvalue weighted by molar-refractivity contribution is 5.95. The molecule has 178 valence electrons. The van der Waals surface area contributed by atoms with E-state index in [0.717, 1.165) is 41.0 Å². The molecular weight excluding hydrogens is 457 g/mol. The maximum Gasteiger partial charge on any atom is 0.251 e. The highest BCUT2D eigenvalue weighted by Crippen LogP contribution is 2.45. The fourth-order valence-electron chi connectivity index (χ4n) is 4.48. The first-order valence-electron chi connectivity index (χ1n) is 11.6. The molecule has 0 unspecified atom stereocenters. The monoisotopic (exact) mass is 479 g/mol. The largest absolute Gasteiger partial charge is 0.352 e. The maximum absolute atomic E-state index is 13.3. The van der Waals surface area contributed by atoms with Crippen molar-refractivity contribution in [1.29, 1.82) is 0 Å². The Labute approximate surface area is 205 Å². The van der Waals surface area contributed by atoms with Crippen LogP contribution < -0.4 is 16.2 Å². The Hall–Kier alpha value is -4.72. The zero-order valence-electron chi connectivity index (χ0n) is 19.2. The number of halogens is 1. The average molecular weight is 480 g/mol. The number of H-pyrrole nitrogens is 1. The van der Waals surface area contributed by atoms with E-state index in [1.807, 2.05) is 40.9 Å². The molecule has 7 nitrogen and oxygen atoms in total. The normalized spacial score (nSPS) is 13.9. The van der Waals surface area contributed by atoms with Crippen molar-refractivity contribution < 1.29 is 9.18 Å². The number of amides is 1. The van der Waals surface area contributed by atoms with Crippen LogP contribution in [0.25, 0.3) is 16.9 Å². The van der Waals surface area contributed by atoms with Gasteiger partial charge in [-0.05, 0) is 73.0 Å². The molecule has 0 bridgehead atoms.